The maximum absolute atomic E-state index is 12.3. The van der Waals surface area contributed by atoms with Crippen molar-refractivity contribution in [2.75, 3.05) is 33.3 Å². The average Bonchev–Trinajstić information content (AvgIpc) is 2.78. The molecule has 7 heteroatoms. The normalized spacial score (nSPS) is 18.3. The van der Waals surface area contributed by atoms with Crippen LogP contribution in [0.4, 0.5) is 0 Å². The van der Waals surface area contributed by atoms with E-state index in [4.69, 9.17) is 21.4 Å². The molecule has 0 spiro atoms. The quantitative estimate of drug-likeness (QED) is 0.847. The fourth-order valence-electron chi connectivity index (χ4n) is 2.90. The second kappa shape index (κ2) is 8.89. The molecule has 1 heterocycles. The molecule has 1 aliphatic heterocycles. The van der Waals surface area contributed by atoms with Crippen molar-refractivity contribution < 1.29 is 19.4 Å². The van der Waals surface area contributed by atoms with E-state index in [9.17, 15) is 9.59 Å². The summed E-state index contributed by atoms with van der Waals surface area (Å²) in [7, 11) is 1.82. The lowest BCUT2D eigenvalue weighted by atomic mass is 10.1. The molecule has 0 radical (unpaired) electrons. The van der Waals surface area contributed by atoms with Gasteiger partial charge in [-0.25, -0.2) is 0 Å². The third-order valence-corrected chi connectivity index (χ3v) is 4.45. The number of likely N-dealkylation sites (N-methyl/N-ethyl adjacent to an activating group) is 1. The van der Waals surface area contributed by atoms with Crippen molar-refractivity contribution in [2.45, 2.75) is 25.3 Å². The highest BCUT2D eigenvalue weighted by molar-refractivity contribution is 6.30. The number of hydrogen-bond donors (Lipinski definition) is 1. The van der Waals surface area contributed by atoms with Gasteiger partial charge in [0, 0.05) is 24.2 Å². The molecule has 1 fully saturated rings. The van der Waals surface area contributed by atoms with Crippen molar-refractivity contribution in [3.05, 3.63) is 29.3 Å². The molecule has 0 aromatic heterocycles. The number of halogens is 1. The number of carboxylic acids is 1. The Morgan fingerprint density at radius 1 is 1.38 bits per heavy atom. The largest absolute Gasteiger partial charge is 0.484 e. The first kappa shape index (κ1) is 18.5. The summed E-state index contributed by atoms with van der Waals surface area (Å²) in [5.41, 5.74) is 0. The van der Waals surface area contributed by atoms with Gasteiger partial charge in [-0.3, -0.25) is 14.5 Å². The molecular weight excluding hydrogens is 332 g/mol. The smallest absolute Gasteiger partial charge is 0.317 e. The summed E-state index contributed by atoms with van der Waals surface area (Å²) in [5.74, 6) is -0.314. The van der Waals surface area contributed by atoms with E-state index >= 15 is 0 Å². The number of amides is 1. The molecule has 24 heavy (non-hydrogen) atoms. The number of ether oxygens (including phenoxy) is 1. The Bertz CT molecular complexity index is 581. The van der Waals surface area contributed by atoms with Crippen molar-refractivity contribution in [3.8, 4) is 5.75 Å². The molecule has 6 nitrogen and oxygen atoms in total. The Morgan fingerprint density at radius 2 is 2.17 bits per heavy atom. The Morgan fingerprint density at radius 3 is 2.88 bits per heavy atom. The third-order valence-electron chi connectivity index (χ3n) is 4.22. The van der Waals surface area contributed by atoms with E-state index in [0.29, 0.717) is 23.9 Å². The minimum absolute atomic E-state index is 0.0179. The van der Waals surface area contributed by atoms with Gasteiger partial charge in [-0.15, -0.1) is 0 Å². The van der Waals surface area contributed by atoms with Crippen LogP contribution < -0.4 is 4.74 Å². The lowest BCUT2D eigenvalue weighted by Crippen LogP contribution is -2.38. The summed E-state index contributed by atoms with van der Waals surface area (Å²) < 4.78 is 5.51. The predicted octanol–water partition coefficient (Wildman–Crippen LogP) is 2.12. The van der Waals surface area contributed by atoms with E-state index in [1.807, 2.05) is 11.9 Å². The molecule has 0 aliphatic carbocycles. The highest BCUT2D eigenvalue weighted by Crippen LogP contribution is 2.18. The number of nitrogens with zero attached hydrogens (tertiary/aromatic N) is 2. The van der Waals surface area contributed by atoms with Crippen molar-refractivity contribution in [2.24, 2.45) is 0 Å². The van der Waals surface area contributed by atoms with Crippen LogP contribution in [0.5, 0.6) is 5.75 Å². The number of carboxylic acid groups (broad SMARTS) is 1. The molecule has 1 aliphatic rings. The lowest BCUT2D eigenvalue weighted by Gasteiger charge is -2.25. The molecule has 132 valence electrons. The summed E-state index contributed by atoms with van der Waals surface area (Å²) in [6.07, 6.45) is 2.52. The van der Waals surface area contributed by atoms with Crippen LogP contribution in [-0.2, 0) is 9.59 Å². The third kappa shape index (κ3) is 5.69. The monoisotopic (exact) mass is 354 g/mol. The Labute approximate surface area is 146 Å². The van der Waals surface area contributed by atoms with Gasteiger partial charge >= 0.3 is 5.97 Å². The lowest BCUT2D eigenvalue weighted by molar-refractivity contribution is -0.138. The SMILES string of the molecule is CN(CC(=O)O)C1CCCN(C(=O)COc2cccc(Cl)c2)CC1. The van der Waals surface area contributed by atoms with Crippen LogP contribution >= 0.6 is 11.6 Å². The van der Waals surface area contributed by atoms with Crippen molar-refractivity contribution in [3.63, 3.8) is 0 Å². The number of carbonyl (C=O) groups is 2. The van der Waals surface area contributed by atoms with E-state index in [1.165, 1.54) is 0 Å². The number of aliphatic carboxylic acids is 1. The van der Waals surface area contributed by atoms with E-state index < -0.39 is 5.97 Å². The predicted molar refractivity (Wildman–Crippen MR) is 91.4 cm³/mol. The molecule has 0 saturated carbocycles. The zero-order valence-corrected chi connectivity index (χ0v) is 14.5. The van der Waals surface area contributed by atoms with Gasteiger partial charge in [0.2, 0.25) is 0 Å². The summed E-state index contributed by atoms with van der Waals surface area (Å²) >= 11 is 5.89. The standard InChI is InChI=1S/C17H23ClN2O4/c1-19(11-17(22)23)14-5-3-8-20(9-7-14)16(21)12-24-15-6-2-4-13(18)10-15/h2,4,6,10,14H,3,5,7-9,11-12H2,1H3,(H,22,23). The molecule has 1 N–H and O–H groups in total. The van der Waals surface area contributed by atoms with Gasteiger partial charge in [0.15, 0.2) is 6.61 Å². The van der Waals surface area contributed by atoms with E-state index in [0.717, 1.165) is 19.3 Å². The molecule has 1 unspecified atom stereocenters. The zero-order chi connectivity index (χ0) is 17.5. The summed E-state index contributed by atoms with van der Waals surface area (Å²) in [6.45, 7) is 1.30. The minimum atomic E-state index is -0.829. The molecular formula is C17H23ClN2O4. The Balaban J connectivity index is 1.82. The van der Waals surface area contributed by atoms with Gasteiger partial charge < -0.3 is 14.7 Å². The fraction of sp³-hybridized carbons (Fsp3) is 0.529. The number of hydrogen-bond acceptors (Lipinski definition) is 4. The van der Waals surface area contributed by atoms with E-state index in [2.05, 4.69) is 0 Å². The van der Waals surface area contributed by atoms with Gasteiger partial charge in [0.25, 0.3) is 5.91 Å². The van der Waals surface area contributed by atoms with Crippen LogP contribution in [0.2, 0.25) is 5.02 Å². The first-order chi connectivity index (χ1) is 11.5. The van der Waals surface area contributed by atoms with Crippen LogP contribution in [0.1, 0.15) is 19.3 Å². The van der Waals surface area contributed by atoms with Crippen LogP contribution in [-0.4, -0.2) is 66.1 Å². The van der Waals surface area contributed by atoms with Crippen LogP contribution in [0.25, 0.3) is 0 Å². The summed E-state index contributed by atoms with van der Waals surface area (Å²) in [4.78, 5) is 26.8. The van der Waals surface area contributed by atoms with Gasteiger partial charge in [-0.05, 0) is 44.5 Å². The van der Waals surface area contributed by atoms with Gasteiger partial charge in [-0.1, -0.05) is 17.7 Å². The minimum Gasteiger partial charge on any atom is -0.484 e. The van der Waals surface area contributed by atoms with E-state index in [-0.39, 0.29) is 25.1 Å². The highest BCUT2D eigenvalue weighted by atomic mass is 35.5. The second-order valence-corrected chi connectivity index (χ2v) is 6.46. The van der Waals surface area contributed by atoms with E-state index in [1.54, 1.807) is 29.2 Å². The van der Waals surface area contributed by atoms with Crippen molar-refractivity contribution >= 4 is 23.5 Å². The Hall–Kier alpha value is -1.79. The number of likely N-dealkylation sites (tertiary alicyclic amines) is 1. The van der Waals surface area contributed by atoms with Crippen molar-refractivity contribution in [1.82, 2.24) is 9.80 Å². The Kier molecular flexibility index (Phi) is 6.87. The first-order valence-corrected chi connectivity index (χ1v) is 8.41. The maximum Gasteiger partial charge on any atom is 0.317 e. The molecule has 1 amide bonds. The van der Waals surface area contributed by atoms with Gasteiger partial charge in [0.05, 0.1) is 6.54 Å². The maximum atomic E-state index is 12.3. The molecule has 0 bridgehead atoms. The summed E-state index contributed by atoms with van der Waals surface area (Å²) in [5, 5.41) is 9.46. The van der Waals surface area contributed by atoms with Gasteiger partial charge in [0.1, 0.15) is 5.75 Å². The highest BCUT2D eigenvalue weighted by Gasteiger charge is 2.24. The molecule has 2 rings (SSSR count). The van der Waals surface area contributed by atoms with Crippen LogP contribution in [0, 0.1) is 0 Å². The molecule has 1 saturated heterocycles. The zero-order valence-electron chi connectivity index (χ0n) is 13.8. The average molecular weight is 355 g/mol. The number of rotatable bonds is 6. The second-order valence-electron chi connectivity index (χ2n) is 6.02. The summed E-state index contributed by atoms with van der Waals surface area (Å²) in [6, 6.07) is 7.15. The first-order valence-electron chi connectivity index (χ1n) is 8.04. The van der Waals surface area contributed by atoms with Gasteiger partial charge in [-0.2, -0.15) is 0 Å². The van der Waals surface area contributed by atoms with Crippen LogP contribution in [0.3, 0.4) is 0 Å². The number of carbonyl (C=O) groups excluding carboxylic acids is 1. The van der Waals surface area contributed by atoms with Crippen LogP contribution in [0.15, 0.2) is 24.3 Å². The topological polar surface area (TPSA) is 70.1 Å². The molecule has 1 aromatic rings. The fourth-order valence-corrected chi connectivity index (χ4v) is 3.08. The number of benzene rings is 1. The molecule has 1 aromatic carbocycles. The van der Waals surface area contributed by atoms with Crippen molar-refractivity contribution in [1.29, 1.82) is 0 Å². The molecule has 1 atom stereocenters.